The number of aromatic nitrogens is 2. The highest BCUT2D eigenvalue weighted by Gasteiger charge is 2.26. The van der Waals surface area contributed by atoms with Crippen molar-refractivity contribution in [1.82, 2.24) is 19.8 Å². The first-order valence-electron chi connectivity index (χ1n) is 8.84. The molecule has 2 aliphatic rings. The van der Waals surface area contributed by atoms with E-state index in [4.69, 9.17) is 9.47 Å². The molecule has 1 N–H and O–H groups in total. The number of urea groups is 1. The highest BCUT2D eigenvalue weighted by Crippen LogP contribution is 2.35. The monoisotopic (exact) mass is 388 g/mol. The Bertz CT molecular complexity index is 882. The van der Waals surface area contributed by atoms with E-state index in [1.165, 1.54) is 16.7 Å². The Balaban J connectivity index is 1.52. The summed E-state index contributed by atoms with van der Waals surface area (Å²) in [7, 11) is 0. The van der Waals surface area contributed by atoms with Crippen molar-refractivity contribution in [2.24, 2.45) is 0 Å². The SMILES string of the molecule is CCn1c(-c2ccc3c(c2)OCCO3)cnc1SCC(=O)N1CCNC1=O. The maximum absolute atomic E-state index is 12.2. The van der Waals surface area contributed by atoms with Crippen molar-refractivity contribution in [3.63, 3.8) is 0 Å². The molecule has 9 heteroatoms. The molecule has 0 unspecified atom stereocenters. The minimum atomic E-state index is -0.323. The molecular weight excluding hydrogens is 368 g/mol. The lowest BCUT2D eigenvalue weighted by molar-refractivity contribution is -0.124. The normalized spacial score (nSPS) is 15.7. The van der Waals surface area contributed by atoms with Gasteiger partial charge in [0.1, 0.15) is 13.2 Å². The summed E-state index contributed by atoms with van der Waals surface area (Å²) in [6.45, 7) is 4.77. The number of nitrogens with one attached hydrogen (secondary N) is 1. The van der Waals surface area contributed by atoms with Crippen LogP contribution in [-0.2, 0) is 11.3 Å². The molecule has 3 amide bonds. The number of carbonyl (C=O) groups is 2. The second-order valence-electron chi connectivity index (χ2n) is 6.09. The minimum absolute atomic E-state index is 0.172. The van der Waals surface area contributed by atoms with Crippen LogP contribution in [0, 0.1) is 0 Å². The number of rotatable bonds is 5. The van der Waals surface area contributed by atoms with Crippen molar-refractivity contribution < 1.29 is 19.1 Å². The molecule has 3 heterocycles. The van der Waals surface area contributed by atoms with Crippen LogP contribution in [0.5, 0.6) is 11.5 Å². The van der Waals surface area contributed by atoms with E-state index in [1.54, 1.807) is 6.20 Å². The first-order chi connectivity index (χ1) is 13.2. The topological polar surface area (TPSA) is 85.7 Å². The molecule has 1 aromatic carbocycles. The van der Waals surface area contributed by atoms with Crippen molar-refractivity contribution >= 4 is 23.7 Å². The number of ether oxygens (including phenoxy) is 2. The van der Waals surface area contributed by atoms with Crippen LogP contribution in [0.3, 0.4) is 0 Å². The van der Waals surface area contributed by atoms with Gasteiger partial charge < -0.3 is 19.4 Å². The zero-order valence-corrected chi connectivity index (χ0v) is 15.8. The number of nitrogens with zero attached hydrogens (tertiary/aromatic N) is 3. The molecule has 0 aliphatic carbocycles. The van der Waals surface area contributed by atoms with E-state index in [-0.39, 0.29) is 17.7 Å². The Morgan fingerprint density at radius 2 is 2.11 bits per heavy atom. The molecule has 2 aromatic rings. The molecule has 0 radical (unpaired) electrons. The van der Waals surface area contributed by atoms with Gasteiger partial charge in [0.05, 0.1) is 17.6 Å². The minimum Gasteiger partial charge on any atom is -0.486 e. The zero-order chi connectivity index (χ0) is 18.8. The van der Waals surface area contributed by atoms with E-state index in [2.05, 4.69) is 10.3 Å². The fourth-order valence-electron chi connectivity index (χ4n) is 3.13. The summed E-state index contributed by atoms with van der Waals surface area (Å²) in [4.78, 5) is 29.6. The number of thioether (sulfide) groups is 1. The predicted octanol–water partition coefficient (Wildman–Crippen LogP) is 1.99. The number of benzene rings is 1. The molecule has 0 spiro atoms. The molecule has 4 rings (SSSR count). The standard InChI is InChI=1S/C18H20N4O4S/c1-2-21-13(12-3-4-14-15(9-12)26-8-7-25-14)10-20-18(21)27-11-16(23)22-6-5-19-17(22)24/h3-4,9-10H,2,5-8,11H2,1H3,(H,19,24). The molecule has 1 saturated heterocycles. The van der Waals surface area contributed by atoms with Gasteiger partial charge in [0, 0.05) is 25.2 Å². The lowest BCUT2D eigenvalue weighted by Gasteiger charge is -2.19. The second-order valence-corrected chi connectivity index (χ2v) is 7.04. The summed E-state index contributed by atoms with van der Waals surface area (Å²) < 4.78 is 13.3. The van der Waals surface area contributed by atoms with E-state index < -0.39 is 0 Å². The Hall–Kier alpha value is -2.68. The molecule has 8 nitrogen and oxygen atoms in total. The first kappa shape index (κ1) is 17.7. The van der Waals surface area contributed by atoms with Crippen LogP contribution in [0.15, 0.2) is 29.6 Å². The molecular formula is C18H20N4O4S. The van der Waals surface area contributed by atoms with Crippen LogP contribution in [-0.4, -0.2) is 58.4 Å². The van der Waals surface area contributed by atoms with Gasteiger partial charge >= 0.3 is 6.03 Å². The van der Waals surface area contributed by atoms with E-state index in [9.17, 15) is 9.59 Å². The number of hydrogen-bond acceptors (Lipinski definition) is 6. The molecule has 2 aliphatic heterocycles. The van der Waals surface area contributed by atoms with E-state index in [0.29, 0.717) is 32.8 Å². The lowest BCUT2D eigenvalue weighted by atomic mass is 10.1. The van der Waals surface area contributed by atoms with Crippen molar-refractivity contribution in [3.8, 4) is 22.8 Å². The quantitative estimate of drug-likeness (QED) is 0.789. The van der Waals surface area contributed by atoms with Gasteiger partial charge in [0.2, 0.25) is 5.91 Å². The van der Waals surface area contributed by atoms with Gasteiger partial charge in [-0.25, -0.2) is 9.78 Å². The van der Waals surface area contributed by atoms with Gasteiger partial charge in [-0.05, 0) is 25.1 Å². The molecule has 0 saturated carbocycles. The first-order valence-corrected chi connectivity index (χ1v) is 9.82. The molecule has 27 heavy (non-hydrogen) atoms. The van der Waals surface area contributed by atoms with Gasteiger partial charge in [-0.1, -0.05) is 11.8 Å². The largest absolute Gasteiger partial charge is 0.486 e. The number of imidazole rings is 1. The van der Waals surface area contributed by atoms with Crippen molar-refractivity contribution in [2.75, 3.05) is 32.1 Å². The fraction of sp³-hybridized carbons (Fsp3) is 0.389. The molecule has 0 atom stereocenters. The summed E-state index contributed by atoms with van der Waals surface area (Å²) >= 11 is 1.34. The Kier molecular flexibility index (Phi) is 4.93. The average molecular weight is 388 g/mol. The maximum Gasteiger partial charge on any atom is 0.324 e. The lowest BCUT2D eigenvalue weighted by Crippen LogP contribution is -2.35. The highest BCUT2D eigenvalue weighted by atomic mass is 32.2. The average Bonchev–Trinajstić information content (AvgIpc) is 3.31. The fourth-order valence-corrected chi connectivity index (χ4v) is 4.05. The van der Waals surface area contributed by atoms with Crippen LogP contribution in [0.1, 0.15) is 6.92 Å². The summed E-state index contributed by atoms with van der Waals surface area (Å²) in [5.41, 5.74) is 1.93. The van der Waals surface area contributed by atoms with E-state index in [0.717, 1.165) is 27.9 Å². The second kappa shape index (κ2) is 7.51. The maximum atomic E-state index is 12.2. The highest BCUT2D eigenvalue weighted by molar-refractivity contribution is 7.99. The Labute approximate surface area is 160 Å². The zero-order valence-electron chi connectivity index (χ0n) is 14.9. The van der Waals surface area contributed by atoms with Crippen LogP contribution in [0.25, 0.3) is 11.3 Å². The van der Waals surface area contributed by atoms with Crippen molar-refractivity contribution in [3.05, 3.63) is 24.4 Å². The number of imide groups is 1. The summed E-state index contributed by atoms with van der Waals surface area (Å²) in [6, 6.07) is 5.51. The van der Waals surface area contributed by atoms with Crippen LogP contribution in [0.4, 0.5) is 4.79 Å². The van der Waals surface area contributed by atoms with E-state index >= 15 is 0 Å². The summed E-state index contributed by atoms with van der Waals surface area (Å²) in [5, 5.41) is 3.38. The van der Waals surface area contributed by atoms with E-state index in [1.807, 2.05) is 29.7 Å². The third kappa shape index (κ3) is 3.46. The number of amides is 3. The Morgan fingerprint density at radius 1 is 1.30 bits per heavy atom. The van der Waals surface area contributed by atoms with Crippen LogP contribution < -0.4 is 14.8 Å². The van der Waals surface area contributed by atoms with Gasteiger partial charge in [-0.3, -0.25) is 9.69 Å². The number of hydrogen-bond donors (Lipinski definition) is 1. The smallest absolute Gasteiger partial charge is 0.324 e. The van der Waals surface area contributed by atoms with Gasteiger partial charge in [0.15, 0.2) is 16.7 Å². The summed E-state index contributed by atoms with van der Waals surface area (Å²) in [6.07, 6.45) is 1.80. The van der Waals surface area contributed by atoms with Gasteiger partial charge in [-0.15, -0.1) is 0 Å². The molecule has 142 valence electrons. The molecule has 1 aromatic heterocycles. The number of carbonyl (C=O) groups excluding carboxylic acids is 2. The number of fused-ring (bicyclic) bond motifs is 1. The molecule has 0 bridgehead atoms. The Morgan fingerprint density at radius 3 is 2.85 bits per heavy atom. The van der Waals surface area contributed by atoms with Crippen molar-refractivity contribution in [1.29, 1.82) is 0 Å². The summed E-state index contributed by atoms with van der Waals surface area (Å²) in [5.74, 6) is 1.44. The van der Waals surface area contributed by atoms with Crippen LogP contribution in [0.2, 0.25) is 0 Å². The van der Waals surface area contributed by atoms with Crippen molar-refractivity contribution in [2.45, 2.75) is 18.6 Å². The molecule has 1 fully saturated rings. The third-order valence-corrected chi connectivity index (χ3v) is 5.43. The van der Waals surface area contributed by atoms with Gasteiger partial charge in [-0.2, -0.15) is 0 Å². The predicted molar refractivity (Wildman–Crippen MR) is 100 cm³/mol. The van der Waals surface area contributed by atoms with Crippen LogP contribution >= 0.6 is 11.8 Å². The van der Waals surface area contributed by atoms with Gasteiger partial charge in [0.25, 0.3) is 0 Å². The third-order valence-electron chi connectivity index (χ3n) is 4.46.